The van der Waals surface area contributed by atoms with Gasteiger partial charge in [-0.1, -0.05) is 6.92 Å². The average molecular weight is 270 g/mol. The van der Waals surface area contributed by atoms with Crippen molar-refractivity contribution in [3.05, 3.63) is 0 Å². The molecule has 110 valence electrons. The van der Waals surface area contributed by atoms with E-state index >= 15 is 0 Å². The number of hydrogen-bond acceptors (Lipinski definition) is 4. The van der Waals surface area contributed by atoms with Gasteiger partial charge in [0.15, 0.2) is 5.79 Å². The smallest absolute Gasteiger partial charge is 0.191 e. The molecule has 0 bridgehead atoms. The van der Waals surface area contributed by atoms with E-state index in [1.807, 2.05) is 6.92 Å². The van der Waals surface area contributed by atoms with Crippen LogP contribution in [0.15, 0.2) is 0 Å². The van der Waals surface area contributed by atoms with Crippen LogP contribution in [-0.4, -0.2) is 37.5 Å². The van der Waals surface area contributed by atoms with Crippen molar-refractivity contribution in [3.63, 3.8) is 0 Å². The van der Waals surface area contributed by atoms with Crippen molar-refractivity contribution in [1.82, 2.24) is 0 Å². The standard InChI is InChI=1S/C15H26O4/c1-13(11-16)5-3-6-14(2)7-4-8-15(12-19-14)17-9-10-18-15/h11,13H,3-10,12H2,1-2H3. The van der Waals surface area contributed by atoms with Crippen LogP contribution in [0.3, 0.4) is 0 Å². The Balaban J connectivity index is 1.81. The van der Waals surface area contributed by atoms with E-state index in [-0.39, 0.29) is 11.5 Å². The molecule has 0 radical (unpaired) electrons. The zero-order chi connectivity index (χ0) is 13.8. The molecule has 0 amide bonds. The SMILES string of the molecule is CC(C=O)CCCC1(C)CCCC2(CO1)OCCO2. The molecule has 2 rings (SSSR count). The van der Waals surface area contributed by atoms with Crippen molar-refractivity contribution >= 4 is 6.29 Å². The molecule has 2 atom stereocenters. The van der Waals surface area contributed by atoms with Crippen LogP contribution in [-0.2, 0) is 19.0 Å². The van der Waals surface area contributed by atoms with Crippen molar-refractivity contribution in [1.29, 1.82) is 0 Å². The Labute approximate surface area is 115 Å². The molecule has 2 aliphatic heterocycles. The first-order valence-electron chi connectivity index (χ1n) is 7.45. The first-order chi connectivity index (χ1) is 9.08. The molecule has 2 fully saturated rings. The largest absolute Gasteiger partial charge is 0.370 e. The minimum absolute atomic E-state index is 0.0958. The molecule has 4 nitrogen and oxygen atoms in total. The summed E-state index contributed by atoms with van der Waals surface area (Å²) < 4.78 is 17.5. The van der Waals surface area contributed by atoms with Crippen LogP contribution in [0.2, 0.25) is 0 Å². The quantitative estimate of drug-likeness (QED) is 0.721. The third-order valence-corrected chi connectivity index (χ3v) is 4.31. The maximum atomic E-state index is 10.6. The summed E-state index contributed by atoms with van der Waals surface area (Å²) in [4.78, 5) is 10.6. The van der Waals surface area contributed by atoms with Gasteiger partial charge in [-0.15, -0.1) is 0 Å². The first kappa shape index (κ1) is 14.9. The van der Waals surface area contributed by atoms with E-state index in [1.165, 1.54) is 0 Å². The van der Waals surface area contributed by atoms with Crippen LogP contribution < -0.4 is 0 Å². The molecule has 4 heteroatoms. The minimum Gasteiger partial charge on any atom is -0.370 e. The van der Waals surface area contributed by atoms with Gasteiger partial charge >= 0.3 is 0 Å². The molecule has 0 aromatic carbocycles. The van der Waals surface area contributed by atoms with E-state index in [9.17, 15) is 4.79 Å². The van der Waals surface area contributed by atoms with Crippen LogP contribution in [0.1, 0.15) is 52.4 Å². The monoisotopic (exact) mass is 270 g/mol. The summed E-state index contributed by atoms with van der Waals surface area (Å²) in [5.74, 6) is -0.323. The zero-order valence-electron chi connectivity index (χ0n) is 12.2. The van der Waals surface area contributed by atoms with Crippen LogP contribution in [0.25, 0.3) is 0 Å². The summed E-state index contributed by atoms with van der Waals surface area (Å²) in [6, 6.07) is 0. The van der Waals surface area contributed by atoms with E-state index < -0.39 is 5.79 Å². The van der Waals surface area contributed by atoms with Crippen LogP contribution in [0.5, 0.6) is 0 Å². The van der Waals surface area contributed by atoms with Crippen LogP contribution in [0, 0.1) is 5.92 Å². The predicted molar refractivity (Wildman–Crippen MR) is 71.9 cm³/mol. The molecule has 0 saturated carbocycles. The van der Waals surface area contributed by atoms with Crippen molar-refractivity contribution in [3.8, 4) is 0 Å². The lowest BCUT2D eigenvalue weighted by atomic mass is 9.91. The summed E-state index contributed by atoms with van der Waals surface area (Å²) >= 11 is 0. The maximum absolute atomic E-state index is 10.6. The Morgan fingerprint density at radius 1 is 1.21 bits per heavy atom. The molecule has 19 heavy (non-hydrogen) atoms. The van der Waals surface area contributed by atoms with Crippen molar-refractivity contribution < 1.29 is 19.0 Å². The van der Waals surface area contributed by atoms with Gasteiger partial charge in [0, 0.05) is 12.3 Å². The van der Waals surface area contributed by atoms with Crippen LogP contribution in [0.4, 0.5) is 0 Å². The van der Waals surface area contributed by atoms with Gasteiger partial charge in [0.25, 0.3) is 0 Å². The van der Waals surface area contributed by atoms with Gasteiger partial charge in [0.2, 0.25) is 0 Å². The summed E-state index contributed by atoms with van der Waals surface area (Å²) in [7, 11) is 0. The van der Waals surface area contributed by atoms with E-state index in [2.05, 4.69) is 6.92 Å². The number of carbonyl (C=O) groups is 1. The third-order valence-electron chi connectivity index (χ3n) is 4.31. The molecular weight excluding hydrogens is 244 g/mol. The predicted octanol–water partition coefficient (Wildman–Crippen LogP) is 2.69. The van der Waals surface area contributed by atoms with Gasteiger partial charge in [-0.2, -0.15) is 0 Å². The van der Waals surface area contributed by atoms with Crippen molar-refractivity contribution in [2.45, 2.75) is 63.8 Å². The van der Waals surface area contributed by atoms with Gasteiger partial charge in [0.1, 0.15) is 12.9 Å². The van der Waals surface area contributed by atoms with E-state index in [4.69, 9.17) is 14.2 Å². The number of rotatable bonds is 5. The van der Waals surface area contributed by atoms with Gasteiger partial charge in [-0.25, -0.2) is 0 Å². The Bertz CT molecular complexity index is 299. The number of carbonyl (C=O) groups excluding carboxylic acids is 1. The molecule has 0 aromatic heterocycles. The van der Waals surface area contributed by atoms with E-state index in [0.29, 0.717) is 19.8 Å². The Morgan fingerprint density at radius 2 is 1.95 bits per heavy atom. The van der Waals surface area contributed by atoms with Crippen LogP contribution >= 0.6 is 0 Å². The zero-order valence-corrected chi connectivity index (χ0v) is 12.2. The Kier molecular flexibility index (Phi) is 4.98. The molecule has 2 unspecified atom stereocenters. The van der Waals surface area contributed by atoms with E-state index in [0.717, 1.165) is 44.8 Å². The average Bonchev–Trinajstić information content (AvgIpc) is 2.79. The lowest BCUT2D eigenvalue weighted by Gasteiger charge is -2.30. The van der Waals surface area contributed by atoms with Gasteiger partial charge in [-0.3, -0.25) is 0 Å². The fourth-order valence-electron chi connectivity index (χ4n) is 2.95. The second-order valence-electron chi connectivity index (χ2n) is 6.21. The maximum Gasteiger partial charge on any atom is 0.191 e. The molecule has 2 heterocycles. The molecular formula is C15H26O4. The topological polar surface area (TPSA) is 44.8 Å². The molecule has 0 aliphatic carbocycles. The Morgan fingerprint density at radius 3 is 2.63 bits per heavy atom. The minimum atomic E-state index is -0.478. The highest BCUT2D eigenvalue weighted by Gasteiger charge is 2.42. The first-order valence-corrected chi connectivity index (χ1v) is 7.45. The molecule has 2 saturated heterocycles. The lowest BCUT2D eigenvalue weighted by Crippen LogP contribution is -2.37. The summed E-state index contributed by atoms with van der Waals surface area (Å²) in [6.45, 7) is 6.03. The number of hydrogen-bond donors (Lipinski definition) is 0. The second kappa shape index (κ2) is 6.33. The third kappa shape index (κ3) is 4.01. The Hall–Kier alpha value is -0.450. The fraction of sp³-hybridized carbons (Fsp3) is 0.933. The highest BCUT2D eigenvalue weighted by Crippen LogP contribution is 2.36. The van der Waals surface area contributed by atoms with E-state index in [1.54, 1.807) is 0 Å². The second-order valence-corrected chi connectivity index (χ2v) is 6.21. The lowest BCUT2D eigenvalue weighted by molar-refractivity contribution is -0.208. The summed E-state index contributed by atoms with van der Waals surface area (Å²) in [5.41, 5.74) is -0.0958. The number of aldehydes is 1. The van der Waals surface area contributed by atoms with Crippen molar-refractivity contribution in [2.24, 2.45) is 5.92 Å². The summed E-state index contributed by atoms with van der Waals surface area (Å²) in [5, 5.41) is 0. The molecule has 0 N–H and O–H groups in total. The normalized spacial score (nSPS) is 32.1. The highest BCUT2D eigenvalue weighted by molar-refractivity contribution is 5.52. The molecule has 1 spiro atoms. The summed E-state index contributed by atoms with van der Waals surface area (Å²) in [6.07, 6.45) is 7.04. The fourth-order valence-corrected chi connectivity index (χ4v) is 2.95. The van der Waals surface area contributed by atoms with Crippen molar-refractivity contribution in [2.75, 3.05) is 19.8 Å². The van der Waals surface area contributed by atoms with Gasteiger partial charge in [0.05, 0.1) is 18.8 Å². The molecule has 2 aliphatic rings. The van der Waals surface area contributed by atoms with Gasteiger partial charge < -0.3 is 19.0 Å². The molecule has 0 aromatic rings. The number of ether oxygens (including phenoxy) is 3. The highest BCUT2D eigenvalue weighted by atomic mass is 16.8. The van der Waals surface area contributed by atoms with Gasteiger partial charge in [-0.05, 0) is 39.0 Å².